The second-order valence-electron chi connectivity index (χ2n) is 14.1. The monoisotopic (exact) mass is 380 g/mol. The van der Waals surface area contributed by atoms with E-state index in [0.29, 0.717) is 0 Å². The van der Waals surface area contributed by atoms with E-state index < -0.39 is 0 Å². The Bertz CT molecular complexity index is 491. The zero-order chi connectivity index (χ0) is 18.3. The lowest BCUT2D eigenvalue weighted by atomic mass is 9.46. The van der Waals surface area contributed by atoms with Gasteiger partial charge in [0.25, 0.3) is 0 Å². The van der Waals surface area contributed by atoms with Gasteiger partial charge in [-0.25, -0.2) is 0 Å². The van der Waals surface area contributed by atoms with Crippen molar-refractivity contribution in [3.8, 4) is 0 Å². The Kier molecular flexibility index (Phi) is 3.95. The van der Waals surface area contributed by atoms with Gasteiger partial charge in [-0.1, -0.05) is 19.3 Å². The predicted octanol–water partition coefficient (Wildman–Crippen LogP) is 8.01. The lowest BCUT2D eigenvalue weighted by Gasteiger charge is -2.59. The van der Waals surface area contributed by atoms with E-state index in [0.717, 1.165) is 58.2 Å². The van der Waals surface area contributed by atoms with Gasteiger partial charge in [-0.15, -0.1) is 0 Å². The molecule has 0 saturated heterocycles. The highest BCUT2D eigenvalue weighted by molar-refractivity contribution is 5.04. The van der Waals surface area contributed by atoms with Crippen molar-refractivity contribution in [3.05, 3.63) is 0 Å². The zero-order valence-electron chi connectivity index (χ0n) is 18.3. The van der Waals surface area contributed by atoms with Crippen LogP contribution in [0, 0.1) is 58.2 Å². The largest absolute Gasteiger partial charge is 0.0528 e. The molecule has 0 aromatic rings. The third-order valence-corrected chi connectivity index (χ3v) is 11.7. The minimum absolute atomic E-state index is 0.835. The molecule has 9 aliphatic carbocycles. The molecule has 0 aromatic carbocycles. The fourth-order valence-corrected chi connectivity index (χ4v) is 12.1. The third-order valence-electron chi connectivity index (χ3n) is 11.7. The van der Waals surface area contributed by atoms with E-state index in [4.69, 9.17) is 0 Å². The summed E-state index contributed by atoms with van der Waals surface area (Å²) in [5.41, 5.74) is 1.67. The van der Waals surface area contributed by atoms with E-state index in [1.54, 1.807) is 116 Å². The first-order chi connectivity index (χ1) is 13.6. The molecule has 156 valence electrons. The highest BCUT2D eigenvalue weighted by atomic mass is 14.6. The van der Waals surface area contributed by atoms with Crippen molar-refractivity contribution in [1.82, 2.24) is 0 Å². The van der Waals surface area contributed by atoms with Crippen LogP contribution in [0.2, 0.25) is 0 Å². The molecule has 0 aliphatic heterocycles. The maximum absolute atomic E-state index is 1.66. The van der Waals surface area contributed by atoms with E-state index in [2.05, 4.69) is 0 Å². The lowest BCUT2D eigenvalue weighted by Crippen LogP contribution is -2.48. The van der Waals surface area contributed by atoms with Gasteiger partial charge in [0.2, 0.25) is 0 Å². The third kappa shape index (κ3) is 2.97. The van der Waals surface area contributed by atoms with Crippen LogP contribution in [0.25, 0.3) is 0 Å². The van der Waals surface area contributed by atoms with Crippen molar-refractivity contribution in [2.75, 3.05) is 0 Å². The summed E-state index contributed by atoms with van der Waals surface area (Å²) in [6, 6.07) is 0. The first-order valence-electron chi connectivity index (χ1n) is 13.6. The molecule has 0 radical (unpaired) electrons. The number of hydrogen-bond donors (Lipinski definition) is 0. The molecule has 9 aliphatic rings. The van der Waals surface area contributed by atoms with Gasteiger partial charge in [-0.2, -0.15) is 0 Å². The molecule has 9 saturated carbocycles. The SMILES string of the molecule is C1CC(CC23CC4CC(CC(C4)C2)C3)CC(CC23CC4CC(CC(C4)C2)C3)C1. The van der Waals surface area contributed by atoms with Crippen molar-refractivity contribution < 1.29 is 0 Å². The van der Waals surface area contributed by atoms with E-state index in [-0.39, 0.29) is 0 Å². The summed E-state index contributed by atoms with van der Waals surface area (Å²) >= 11 is 0. The van der Waals surface area contributed by atoms with Gasteiger partial charge in [0.15, 0.2) is 0 Å². The van der Waals surface area contributed by atoms with Crippen LogP contribution in [-0.2, 0) is 0 Å². The van der Waals surface area contributed by atoms with Crippen LogP contribution in [0.4, 0.5) is 0 Å². The van der Waals surface area contributed by atoms with Crippen LogP contribution < -0.4 is 0 Å². The van der Waals surface area contributed by atoms with Crippen LogP contribution in [0.3, 0.4) is 0 Å². The van der Waals surface area contributed by atoms with Gasteiger partial charge in [0.05, 0.1) is 0 Å². The first-order valence-corrected chi connectivity index (χ1v) is 13.6. The van der Waals surface area contributed by atoms with Gasteiger partial charge in [0, 0.05) is 0 Å². The summed E-state index contributed by atoms with van der Waals surface area (Å²) in [5, 5.41) is 0. The van der Waals surface area contributed by atoms with Gasteiger partial charge < -0.3 is 0 Å². The van der Waals surface area contributed by atoms with Crippen LogP contribution in [0.15, 0.2) is 0 Å². The Hall–Kier alpha value is 0. The van der Waals surface area contributed by atoms with E-state index >= 15 is 0 Å². The first kappa shape index (κ1) is 17.7. The molecule has 2 unspecified atom stereocenters. The van der Waals surface area contributed by atoms with Crippen molar-refractivity contribution in [1.29, 1.82) is 0 Å². The molecule has 28 heavy (non-hydrogen) atoms. The van der Waals surface area contributed by atoms with Crippen molar-refractivity contribution >= 4 is 0 Å². The maximum atomic E-state index is 1.66. The second-order valence-corrected chi connectivity index (χ2v) is 14.1. The summed E-state index contributed by atoms with van der Waals surface area (Å²) in [5.74, 6) is 9.13. The summed E-state index contributed by atoms with van der Waals surface area (Å²) in [7, 11) is 0. The van der Waals surface area contributed by atoms with Crippen LogP contribution in [0.5, 0.6) is 0 Å². The normalized spacial score (nSPS) is 59.1. The summed E-state index contributed by atoms with van der Waals surface area (Å²) in [4.78, 5) is 0. The molecule has 0 heterocycles. The number of hydrogen-bond acceptors (Lipinski definition) is 0. The van der Waals surface area contributed by atoms with Crippen molar-refractivity contribution in [2.24, 2.45) is 58.2 Å². The zero-order valence-corrected chi connectivity index (χ0v) is 18.3. The topological polar surface area (TPSA) is 0 Å². The van der Waals surface area contributed by atoms with Gasteiger partial charge in [-0.05, 0) is 154 Å². The smallest absolute Gasteiger partial charge is 0.0287 e. The quantitative estimate of drug-likeness (QED) is 0.463. The van der Waals surface area contributed by atoms with Crippen molar-refractivity contribution in [3.63, 3.8) is 0 Å². The van der Waals surface area contributed by atoms with Gasteiger partial charge in [0.1, 0.15) is 0 Å². The van der Waals surface area contributed by atoms with Gasteiger partial charge in [-0.3, -0.25) is 0 Å². The van der Waals surface area contributed by atoms with E-state index in [1.165, 1.54) is 0 Å². The van der Waals surface area contributed by atoms with Gasteiger partial charge >= 0.3 is 0 Å². The predicted molar refractivity (Wildman–Crippen MR) is 116 cm³/mol. The van der Waals surface area contributed by atoms with E-state index in [1.807, 2.05) is 0 Å². The molecular formula is C28H44. The van der Waals surface area contributed by atoms with Crippen LogP contribution in [-0.4, -0.2) is 0 Å². The van der Waals surface area contributed by atoms with E-state index in [9.17, 15) is 0 Å². The standard InChI is InChI=1S/C28H44/c1-2-19(11-27-13-21-5-22(14-27)7-23(6-21)15-27)4-20(3-1)12-28-16-24-8-25(17-28)10-26(9-24)18-28/h19-26H,1-18H2. The highest BCUT2D eigenvalue weighted by Gasteiger charge is 2.53. The summed E-state index contributed by atoms with van der Waals surface area (Å²) < 4.78 is 0. The molecule has 0 amide bonds. The Labute approximate surface area is 174 Å². The maximum Gasteiger partial charge on any atom is -0.0287 e. The molecule has 0 aromatic heterocycles. The average molecular weight is 381 g/mol. The Morgan fingerprint density at radius 3 is 1.07 bits per heavy atom. The minimum atomic E-state index is 0.835. The van der Waals surface area contributed by atoms with Crippen LogP contribution in [0.1, 0.15) is 116 Å². The van der Waals surface area contributed by atoms with Crippen LogP contribution >= 0.6 is 0 Å². The number of rotatable bonds is 4. The summed E-state index contributed by atoms with van der Waals surface area (Å²) in [6.07, 6.45) is 29.4. The highest BCUT2D eigenvalue weighted by Crippen LogP contribution is 2.64. The Morgan fingerprint density at radius 1 is 0.429 bits per heavy atom. The molecule has 2 atom stereocenters. The molecule has 9 rings (SSSR count). The molecule has 9 fully saturated rings. The molecule has 0 N–H and O–H groups in total. The lowest BCUT2D eigenvalue weighted by molar-refractivity contribution is -0.0785. The fraction of sp³-hybridized carbons (Fsp3) is 1.00. The minimum Gasteiger partial charge on any atom is -0.0528 e. The molecule has 8 bridgehead atoms. The molecule has 0 heteroatoms. The van der Waals surface area contributed by atoms with Crippen molar-refractivity contribution in [2.45, 2.75) is 116 Å². The fourth-order valence-electron chi connectivity index (χ4n) is 12.1. The average Bonchev–Trinajstić information content (AvgIpc) is 2.58. The second kappa shape index (κ2) is 6.26. The Balaban J connectivity index is 1.03. The molecule has 0 spiro atoms. The summed E-state index contributed by atoms with van der Waals surface area (Å²) in [6.45, 7) is 0. The molecular weight excluding hydrogens is 336 g/mol. The molecule has 0 nitrogen and oxygen atoms in total. The Morgan fingerprint density at radius 2 is 0.750 bits per heavy atom.